The second-order valence-electron chi connectivity index (χ2n) is 5.63. The monoisotopic (exact) mass is 515 g/mol. The molecular formula is C17H30IN3O3S2. The maximum Gasteiger partial charge on any atom is 0.191 e. The van der Waals surface area contributed by atoms with Crippen LogP contribution in [0.2, 0.25) is 0 Å². The van der Waals surface area contributed by atoms with Gasteiger partial charge in [-0.2, -0.15) is 0 Å². The summed E-state index contributed by atoms with van der Waals surface area (Å²) >= 11 is 1.80. The van der Waals surface area contributed by atoms with Crippen LogP contribution in [0.3, 0.4) is 0 Å². The van der Waals surface area contributed by atoms with Crippen LogP contribution in [-0.2, 0) is 14.6 Å². The predicted octanol–water partition coefficient (Wildman–Crippen LogP) is 2.40. The molecule has 0 aliphatic heterocycles. The summed E-state index contributed by atoms with van der Waals surface area (Å²) < 4.78 is 27.3. The maximum atomic E-state index is 11.0. The molecule has 0 saturated carbocycles. The van der Waals surface area contributed by atoms with Crippen molar-refractivity contribution in [1.82, 2.24) is 10.6 Å². The van der Waals surface area contributed by atoms with Crippen LogP contribution in [0.5, 0.6) is 0 Å². The average Bonchev–Trinajstić information content (AvgIpc) is 2.55. The summed E-state index contributed by atoms with van der Waals surface area (Å²) in [4.78, 5) is 5.83. The molecule has 26 heavy (non-hydrogen) atoms. The summed E-state index contributed by atoms with van der Waals surface area (Å²) in [7, 11) is -2.96. The van der Waals surface area contributed by atoms with Crippen molar-refractivity contribution < 1.29 is 13.2 Å². The zero-order valence-electron chi connectivity index (χ0n) is 15.6. The van der Waals surface area contributed by atoms with Gasteiger partial charge in [0, 0.05) is 29.5 Å². The molecule has 0 bridgehead atoms. The standard InChI is InChI=1S/C17H29N3O3S2.HI/c1-4-18-17(19-10-11-23-12-13-25(3,21)22)20-14-15(2)24-16-8-6-5-7-9-16;/h5-9,15H,4,10-14H2,1-3H3,(H2,18,19,20);1H. The molecule has 1 aromatic rings. The van der Waals surface area contributed by atoms with Crippen LogP contribution in [0.15, 0.2) is 40.2 Å². The quantitative estimate of drug-likeness (QED) is 0.155. The molecule has 1 rings (SSSR count). The van der Waals surface area contributed by atoms with Gasteiger partial charge >= 0.3 is 0 Å². The minimum atomic E-state index is -2.96. The fourth-order valence-electron chi connectivity index (χ4n) is 1.88. The van der Waals surface area contributed by atoms with Crippen LogP contribution in [0, 0.1) is 0 Å². The Balaban J connectivity index is 0.00000625. The number of nitrogens with one attached hydrogen (secondary N) is 2. The van der Waals surface area contributed by atoms with Gasteiger partial charge in [0.15, 0.2) is 5.96 Å². The number of halogens is 1. The van der Waals surface area contributed by atoms with E-state index in [-0.39, 0.29) is 36.3 Å². The highest BCUT2D eigenvalue weighted by Gasteiger charge is 2.05. The van der Waals surface area contributed by atoms with Crippen LogP contribution in [0.1, 0.15) is 13.8 Å². The highest BCUT2D eigenvalue weighted by molar-refractivity contribution is 14.0. The molecule has 0 aliphatic rings. The van der Waals surface area contributed by atoms with Gasteiger partial charge in [-0.3, -0.25) is 4.99 Å². The van der Waals surface area contributed by atoms with E-state index in [1.54, 1.807) is 11.8 Å². The Kier molecular flexibility index (Phi) is 14.2. The Bertz CT molecular complexity index is 613. The molecule has 2 N–H and O–H groups in total. The largest absolute Gasteiger partial charge is 0.379 e. The molecular weight excluding hydrogens is 485 g/mol. The molecule has 150 valence electrons. The lowest BCUT2D eigenvalue weighted by molar-refractivity contribution is 0.154. The third kappa shape index (κ3) is 13.7. The molecule has 9 heteroatoms. The lowest BCUT2D eigenvalue weighted by Crippen LogP contribution is -2.39. The number of hydrogen-bond acceptors (Lipinski definition) is 5. The van der Waals surface area contributed by atoms with Gasteiger partial charge in [0.2, 0.25) is 0 Å². The van der Waals surface area contributed by atoms with Gasteiger partial charge in [0.05, 0.1) is 25.5 Å². The first-order chi connectivity index (χ1) is 11.9. The predicted molar refractivity (Wildman–Crippen MR) is 122 cm³/mol. The van der Waals surface area contributed by atoms with Crippen molar-refractivity contribution in [3.8, 4) is 0 Å². The number of guanidine groups is 1. The van der Waals surface area contributed by atoms with E-state index in [9.17, 15) is 8.42 Å². The molecule has 1 unspecified atom stereocenters. The fourth-order valence-corrected chi connectivity index (χ4v) is 3.23. The number of sulfone groups is 1. The van der Waals surface area contributed by atoms with Crippen molar-refractivity contribution in [1.29, 1.82) is 0 Å². The van der Waals surface area contributed by atoms with E-state index in [0.717, 1.165) is 12.5 Å². The van der Waals surface area contributed by atoms with E-state index in [2.05, 4.69) is 34.7 Å². The fraction of sp³-hybridized carbons (Fsp3) is 0.588. The molecule has 0 heterocycles. The zero-order valence-corrected chi connectivity index (χ0v) is 19.6. The molecule has 0 saturated heterocycles. The zero-order chi connectivity index (χ0) is 18.5. The molecule has 0 fully saturated rings. The molecule has 0 aromatic heterocycles. The van der Waals surface area contributed by atoms with E-state index in [4.69, 9.17) is 4.74 Å². The number of aliphatic imine (C=N–C) groups is 1. The summed E-state index contributed by atoms with van der Waals surface area (Å²) in [5, 5.41) is 6.75. The van der Waals surface area contributed by atoms with Crippen LogP contribution >= 0.6 is 35.7 Å². The van der Waals surface area contributed by atoms with Crippen LogP contribution in [0.25, 0.3) is 0 Å². The maximum absolute atomic E-state index is 11.0. The second kappa shape index (κ2) is 14.5. The van der Waals surface area contributed by atoms with Gasteiger partial charge < -0.3 is 15.4 Å². The first-order valence-electron chi connectivity index (χ1n) is 8.40. The van der Waals surface area contributed by atoms with Crippen LogP contribution in [-0.4, -0.2) is 64.5 Å². The molecule has 1 aromatic carbocycles. The number of thioether (sulfide) groups is 1. The molecule has 1 atom stereocenters. The minimum Gasteiger partial charge on any atom is -0.379 e. The van der Waals surface area contributed by atoms with Gasteiger partial charge in [0.1, 0.15) is 9.84 Å². The first kappa shape index (κ1) is 25.5. The van der Waals surface area contributed by atoms with E-state index in [1.165, 1.54) is 11.2 Å². The number of nitrogens with zero attached hydrogens (tertiary/aromatic N) is 1. The third-order valence-electron chi connectivity index (χ3n) is 3.07. The van der Waals surface area contributed by atoms with E-state index in [1.807, 2.05) is 25.1 Å². The smallest absolute Gasteiger partial charge is 0.191 e. The number of hydrogen-bond donors (Lipinski definition) is 2. The van der Waals surface area contributed by atoms with Crippen molar-refractivity contribution in [2.24, 2.45) is 4.99 Å². The first-order valence-corrected chi connectivity index (χ1v) is 11.3. The highest BCUT2D eigenvalue weighted by Crippen LogP contribution is 2.22. The molecule has 0 spiro atoms. The van der Waals surface area contributed by atoms with Gasteiger partial charge in [0.25, 0.3) is 0 Å². The molecule has 0 amide bonds. The average molecular weight is 515 g/mol. The van der Waals surface area contributed by atoms with Gasteiger partial charge in [-0.05, 0) is 19.1 Å². The Morgan fingerprint density at radius 2 is 1.92 bits per heavy atom. The third-order valence-corrected chi connectivity index (χ3v) is 5.07. The Morgan fingerprint density at radius 1 is 1.23 bits per heavy atom. The lowest BCUT2D eigenvalue weighted by atomic mass is 10.4. The van der Waals surface area contributed by atoms with Crippen molar-refractivity contribution in [2.45, 2.75) is 24.0 Å². The van der Waals surface area contributed by atoms with E-state index >= 15 is 0 Å². The highest BCUT2D eigenvalue weighted by atomic mass is 127. The number of benzene rings is 1. The Hall–Kier alpha value is -0.520. The van der Waals surface area contributed by atoms with Crippen molar-refractivity contribution in [3.63, 3.8) is 0 Å². The van der Waals surface area contributed by atoms with Crippen molar-refractivity contribution in [3.05, 3.63) is 30.3 Å². The van der Waals surface area contributed by atoms with Crippen LogP contribution in [0.4, 0.5) is 0 Å². The number of rotatable bonds is 11. The summed E-state index contributed by atoms with van der Waals surface area (Å²) in [6, 6.07) is 10.3. The SMILES string of the molecule is CCNC(=NCC(C)Sc1ccccc1)NCCOCCS(C)(=O)=O.I. The summed E-state index contributed by atoms with van der Waals surface area (Å²) in [6.07, 6.45) is 1.21. The Morgan fingerprint density at radius 3 is 2.54 bits per heavy atom. The lowest BCUT2D eigenvalue weighted by Gasteiger charge is -2.13. The van der Waals surface area contributed by atoms with Crippen molar-refractivity contribution >= 4 is 51.5 Å². The van der Waals surface area contributed by atoms with E-state index in [0.29, 0.717) is 24.9 Å². The second-order valence-corrected chi connectivity index (χ2v) is 9.40. The van der Waals surface area contributed by atoms with Crippen molar-refractivity contribution in [2.75, 3.05) is 44.9 Å². The van der Waals surface area contributed by atoms with E-state index < -0.39 is 9.84 Å². The number of ether oxygens (including phenoxy) is 1. The Labute approximate surface area is 178 Å². The van der Waals surface area contributed by atoms with Gasteiger partial charge in [-0.1, -0.05) is 25.1 Å². The normalized spacial score (nSPS) is 13.0. The summed E-state index contributed by atoms with van der Waals surface area (Å²) in [5.41, 5.74) is 0. The summed E-state index contributed by atoms with van der Waals surface area (Å²) in [5.74, 6) is 0.796. The van der Waals surface area contributed by atoms with Crippen LogP contribution < -0.4 is 10.6 Å². The molecule has 6 nitrogen and oxygen atoms in total. The molecule has 0 aliphatic carbocycles. The van der Waals surface area contributed by atoms with Gasteiger partial charge in [-0.25, -0.2) is 8.42 Å². The topological polar surface area (TPSA) is 79.8 Å². The van der Waals surface area contributed by atoms with Gasteiger partial charge in [-0.15, -0.1) is 35.7 Å². The summed E-state index contributed by atoms with van der Waals surface area (Å²) in [6.45, 7) is 6.88. The minimum absolute atomic E-state index is 0. The molecule has 0 radical (unpaired) electrons.